The second-order valence-electron chi connectivity index (χ2n) is 4.92. The number of nitrogens with one attached hydrogen (secondary N) is 1. The summed E-state index contributed by atoms with van der Waals surface area (Å²) in [5, 5.41) is 14.7. The lowest BCUT2D eigenvalue weighted by Gasteiger charge is -2.23. The molecule has 2 nitrogen and oxygen atoms in total. The predicted molar refractivity (Wildman–Crippen MR) is 73.3 cm³/mol. The lowest BCUT2D eigenvalue weighted by molar-refractivity contribution is 0.279. The number of aliphatic hydroxyl groups excluding tert-OH is 1. The Labute approximate surface area is 108 Å². The fourth-order valence-electron chi connectivity index (χ4n) is 2.75. The minimum atomic E-state index is 0.314. The molecule has 1 aliphatic carbocycles. The van der Waals surface area contributed by atoms with Gasteiger partial charge in [0.1, 0.15) is 0 Å². The molecule has 1 aliphatic rings. The summed E-state index contributed by atoms with van der Waals surface area (Å²) < 4.78 is 0. The van der Waals surface area contributed by atoms with Crippen LogP contribution in [0.5, 0.6) is 0 Å². The van der Waals surface area contributed by atoms with Gasteiger partial charge in [0.15, 0.2) is 0 Å². The Hall–Kier alpha value is -0.380. The largest absolute Gasteiger partial charge is 0.396 e. The summed E-state index contributed by atoms with van der Waals surface area (Å²) in [6, 6.07) is 4.96. The van der Waals surface area contributed by atoms with Gasteiger partial charge in [-0.1, -0.05) is 18.9 Å². The van der Waals surface area contributed by atoms with E-state index >= 15 is 0 Å². The van der Waals surface area contributed by atoms with Gasteiger partial charge >= 0.3 is 0 Å². The number of hydrogen-bond donors (Lipinski definition) is 2. The first-order chi connectivity index (χ1) is 8.42. The minimum absolute atomic E-state index is 0.314. The first kappa shape index (κ1) is 13.1. The van der Waals surface area contributed by atoms with Gasteiger partial charge in [-0.15, -0.1) is 11.3 Å². The lowest BCUT2D eigenvalue weighted by atomic mass is 9.96. The molecule has 1 heterocycles. The SMILES string of the molecule is OCCCCNC(c1cccs1)C1CCCC1. The van der Waals surface area contributed by atoms with E-state index in [1.807, 2.05) is 11.3 Å². The molecule has 1 unspecified atom stereocenters. The van der Waals surface area contributed by atoms with Gasteiger partial charge < -0.3 is 10.4 Å². The van der Waals surface area contributed by atoms with Crippen LogP contribution in [0.4, 0.5) is 0 Å². The Morgan fingerprint density at radius 2 is 2.18 bits per heavy atom. The molecular formula is C14H23NOS. The minimum Gasteiger partial charge on any atom is -0.396 e. The van der Waals surface area contributed by atoms with Gasteiger partial charge in [-0.3, -0.25) is 0 Å². The average Bonchev–Trinajstić information content (AvgIpc) is 3.02. The summed E-state index contributed by atoms with van der Waals surface area (Å²) in [5.41, 5.74) is 0. The molecule has 17 heavy (non-hydrogen) atoms. The zero-order valence-corrected chi connectivity index (χ0v) is 11.2. The van der Waals surface area contributed by atoms with Gasteiger partial charge in [-0.2, -0.15) is 0 Å². The van der Waals surface area contributed by atoms with Crippen molar-refractivity contribution in [3.8, 4) is 0 Å². The monoisotopic (exact) mass is 253 g/mol. The molecule has 0 saturated heterocycles. The van der Waals surface area contributed by atoms with Crippen LogP contribution in [0.1, 0.15) is 49.4 Å². The van der Waals surface area contributed by atoms with Crippen LogP contribution in [0.15, 0.2) is 17.5 Å². The zero-order chi connectivity index (χ0) is 11.9. The van der Waals surface area contributed by atoms with Crippen molar-refractivity contribution in [2.75, 3.05) is 13.2 Å². The topological polar surface area (TPSA) is 32.3 Å². The van der Waals surface area contributed by atoms with E-state index < -0.39 is 0 Å². The number of thiophene rings is 1. The molecule has 2 rings (SSSR count). The molecule has 1 saturated carbocycles. The van der Waals surface area contributed by atoms with Crippen LogP contribution >= 0.6 is 11.3 Å². The standard InChI is InChI=1S/C14H23NOS/c16-10-4-3-9-15-14(12-6-1-2-7-12)13-8-5-11-17-13/h5,8,11-12,14-16H,1-4,6-7,9-10H2. The highest BCUT2D eigenvalue weighted by Crippen LogP contribution is 2.37. The van der Waals surface area contributed by atoms with E-state index in [-0.39, 0.29) is 0 Å². The number of rotatable bonds is 7. The van der Waals surface area contributed by atoms with Crippen molar-refractivity contribution in [1.29, 1.82) is 0 Å². The van der Waals surface area contributed by atoms with Crippen molar-refractivity contribution in [3.63, 3.8) is 0 Å². The average molecular weight is 253 g/mol. The Balaban J connectivity index is 1.88. The van der Waals surface area contributed by atoms with Gasteiger partial charge in [0, 0.05) is 17.5 Å². The van der Waals surface area contributed by atoms with E-state index in [1.165, 1.54) is 30.6 Å². The molecule has 0 radical (unpaired) electrons. The van der Waals surface area contributed by atoms with Gasteiger partial charge in [0.05, 0.1) is 0 Å². The van der Waals surface area contributed by atoms with Crippen LogP contribution in [0.2, 0.25) is 0 Å². The van der Waals surface area contributed by atoms with Crippen molar-refractivity contribution >= 4 is 11.3 Å². The molecule has 0 aromatic carbocycles. The summed E-state index contributed by atoms with van der Waals surface area (Å²) in [6.45, 7) is 1.34. The van der Waals surface area contributed by atoms with Crippen molar-refractivity contribution < 1.29 is 5.11 Å². The van der Waals surface area contributed by atoms with Crippen LogP contribution in [-0.2, 0) is 0 Å². The maximum Gasteiger partial charge on any atom is 0.0443 e. The molecule has 0 amide bonds. The molecular weight excluding hydrogens is 230 g/mol. The molecule has 0 bridgehead atoms. The van der Waals surface area contributed by atoms with E-state index in [4.69, 9.17) is 5.11 Å². The van der Waals surface area contributed by atoms with Gasteiger partial charge in [0.2, 0.25) is 0 Å². The van der Waals surface area contributed by atoms with E-state index in [9.17, 15) is 0 Å². The Morgan fingerprint density at radius 3 is 2.82 bits per heavy atom. The van der Waals surface area contributed by atoms with Crippen LogP contribution < -0.4 is 5.32 Å². The second kappa shape index (κ2) is 7.14. The van der Waals surface area contributed by atoms with Crippen LogP contribution in [0.3, 0.4) is 0 Å². The number of aliphatic hydroxyl groups is 1. The number of unbranched alkanes of at least 4 members (excludes halogenated alkanes) is 1. The van der Waals surface area contributed by atoms with Crippen molar-refractivity contribution in [3.05, 3.63) is 22.4 Å². The molecule has 2 N–H and O–H groups in total. The molecule has 1 aromatic heterocycles. The first-order valence-corrected chi connectivity index (χ1v) is 7.67. The zero-order valence-electron chi connectivity index (χ0n) is 10.4. The summed E-state index contributed by atoms with van der Waals surface area (Å²) >= 11 is 1.87. The van der Waals surface area contributed by atoms with E-state index in [0.717, 1.165) is 25.3 Å². The molecule has 1 atom stereocenters. The maximum absolute atomic E-state index is 8.80. The normalized spacial score (nSPS) is 18.6. The molecule has 1 aromatic rings. The van der Waals surface area contributed by atoms with E-state index in [1.54, 1.807) is 0 Å². The molecule has 0 spiro atoms. The van der Waals surface area contributed by atoms with Crippen molar-refractivity contribution in [1.82, 2.24) is 5.32 Å². The smallest absolute Gasteiger partial charge is 0.0443 e. The molecule has 1 fully saturated rings. The fraction of sp³-hybridized carbons (Fsp3) is 0.714. The molecule has 96 valence electrons. The first-order valence-electron chi connectivity index (χ1n) is 6.79. The summed E-state index contributed by atoms with van der Waals surface area (Å²) in [6.07, 6.45) is 7.51. The summed E-state index contributed by atoms with van der Waals surface area (Å²) in [5.74, 6) is 0.822. The van der Waals surface area contributed by atoms with E-state index in [2.05, 4.69) is 22.8 Å². The van der Waals surface area contributed by atoms with Crippen molar-refractivity contribution in [2.45, 2.75) is 44.6 Å². The molecule has 3 heteroatoms. The Morgan fingerprint density at radius 1 is 1.35 bits per heavy atom. The predicted octanol–water partition coefficient (Wildman–Crippen LogP) is 3.34. The highest BCUT2D eigenvalue weighted by atomic mass is 32.1. The van der Waals surface area contributed by atoms with Crippen molar-refractivity contribution in [2.24, 2.45) is 5.92 Å². The fourth-order valence-corrected chi connectivity index (χ4v) is 3.65. The third-order valence-corrected chi connectivity index (χ3v) is 4.63. The van der Waals surface area contributed by atoms with E-state index in [0.29, 0.717) is 12.6 Å². The van der Waals surface area contributed by atoms with Crippen LogP contribution in [0.25, 0.3) is 0 Å². The summed E-state index contributed by atoms with van der Waals surface area (Å²) in [4.78, 5) is 1.49. The molecule has 0 aliphatic heterocycles. The maximum atomic E-state index is 8.80. The van der Waals surface area contributed by atoms with Crippen LogP contribution in [-0.4, -0.2) is 18.3 Å². The summed E-state index contributed by atoms with van der Waals surface area (Å²) in [7, 11) is 0. The second-order valence-corrected chi connectivity index (χ2v) is 5.90. The quantitative estimate of drug-likeness (QED) is 0.730. The number of hydrogen-bond acceptors (Lipinski definition) is 3. The Bertz CT molecular complexity index is 293. The highest BCUT2D eigenvalue weighted by Gasteiger charge is 2.26. The van der Waals surface area contributed by atoms with Crippen LogP contribution in [0, 0.1) is 5.92 Å². The highest BCUT2D eigenvalue weighted by molar-refractivity contribution is 7.10. The third kappa shape index (κ3) is 3.80. The van der Waals surface area contributed by atoms with Gasteiger partial charge in [-0.05, 0) is 49.6 Å². The Kier molecular flexibility index (Phi) is 5.49. The van der Waals surface area contributed by atoms with Gasteiger partial charge in [0.25, 0.3) is 0 Å². The van der Waals surface area contributed by atoms with Gasteiger partial charge in [-0.25, -0.2) is 0 Å². The lowest BCUT2D eigenvalue weighted by Crippen LogP contribution is -2.27. The third-order valence-electron chi connectivity index (χ3n) is 3.67.